The first-order valence-electron chi connectivity index (χ1n) is 4.98. The van der Waals surface area contributed by atoms with Crippen LogP contribution < -0.4 is 4.74 Å². The van der Waals surface area contributed by atoms with Crippen LogP contribution in [0.15, 0.2) is 35.2 Å². The smallest absolute Gasteiger partial charge is 0.343 e. The number of ether oxygens (including phenoxy) is 2. The number of nitrogens with zero attached hydrogens (tertiary/aromatic N) is 1. The minimum absolute atomic E-state index is 0.112. The molecule has 2 aromatic heterocycles. The van der Waals surface area contributed by atoms with Gasteiger partial charge < -0.3 is 9.47 Å². The van der Waals surface area contributed by atoms with E-state index in [0.717, 1.165) is 11.3 Å². The largest absolute Gasteiger partial charge is 0.480 e. The van der Waals surface area contributed by atoms with Gasteiger partial charge in [0.2, 0.25) is 0 Å². The number of hydrogen-bond acceptors (Lipinski definition) is 5. The van der Waals surface area contributed by atoms with E-state index in [1.165, 1.54) is 7.11 Å². The van der Waals surface area contributed by atoms with Gasteiger partial charge in [-0.15, -0.1) is 0 Å². The standard InChI is InChI=1S/C12H11NO3S/c1-15-11(14)7-16-10-3-2-5-13-12(10)9-4-6-17-8-9/h2-6,8H,7H2,1H3. The normalized spacial score (nSPS) is 9.94. The Morgan fingerprint density at radius 2 is 2.35 bits per heavy atom. The fourth-order valence-corrected chi connectivity index (χ4v) is 1.96. The van der Waals surface area contributed by atoms with Crippen LogP contribution in [-0.4, -0.2) is 24.7 Å². The summed E-state index contributed by atoms with van der Waals surface area (Å²) in [5.74, 6) is 0.168. The number of esters is 1. The van der Waals surface area contributed by atoms with Crippen molar-refractivity contribution in [3.63, 3.8) is 0 Å². The summed E-state index contributed by atoms with van der Waals surface area (Å²) in [5, 5.41) is 3.95. The molecule has 88 valence electrons. The third kappa shape index (κ3) is 2.82. The Bertz CT molecular complexity index is 496. The van der Waals surface area contributed by atoms with E-state index in [0.29, 0.717) is 5.75 Å². The molecule has 0 bridgehead atoms. The minimum Gasteiger partial charge on any atom is -0.480 e. The van der Waals surface area contributed by atoms with Crippen molar-refractivity contribution in [2.24, 2.45) is 0 Å². The van der Waals surface area contributed by atoms with E-state index in [-0.39, 0.29) is 6.61 Å². The van der Waals surface area contributed by atoms with Crippen LogP contribution in [0.5, 0.6) is 5.75 Å². The topological polar surface area (TPSA) is 48.4 Å². The molecule has 17 heavy (non-hydrogen) atoms. The van der Waals surface area contributed by atoms with Crippen molar-refractivity contribution in [2.45, 2.75) is 0 Å². The molecule has 0 aromatic carbocycles. The van der Waals surface area contributed by atoms with E-state index in [2.05, 4.69) is 9.72 Å². The van der Waals surface area contributed by atoms with Crippen molar-refractivity contribution in [3.8, 4) is 17.0 Å². The number of thiophene rings is 1. The van der Waals surface area contributed by atoms with Gasteiger partial charge in [0.15, 0.2) is 6.61 Å². The molecule has 0 spiro atoms. The van der Waals surface area contributed by atoms with Gasteiger partial charge in [0.1, 0.15) is 11.4 Å². The summed E-state index contributed by atoms with van der Waals surface area (Å²) in [5.41, 5.74) is 1.72. The molecular formula is C12H11NO3S. The quantitative estimate of drug-likeness (QED) is 0.780. The molecule has 4 nitrogen and oxygen atoms in total. The van der Waals surface area contributed by atoms with Crippen molar-refractivity contribution in [1.82, 2.24) is 4.98 Å². The van der Waals surface area contributed by atoms with Crippen molar-refractivity contribution in [1.29, 1.82) is 0 Å². The number of pyridine rings is 1. The fraction of sp³-hybridized carbons (Fsp3) is 0.167. The van der Waals surface area contributed by atoms with Gasteiger partial charge in [-0.2, -0.15) is 11.3 Å². The fourth-order valence-electron chi connectivity index (χ4n) is 1.32. The molecule has 0 amide bonds. The first-order valence-corrected chi connectivity index (χ1v) is 5.92. The Morgan fingerprint density at radius 3 is 3.06 bits per heavy atom. The third-order valence-corrected chi connectivity index (χ3v) is 2.82. The molecular weight excluding hydrogens is 238 g/mol. The van der Waals surface area contributed by atoms with Crippen LogP contribution in [0.1, 0.15) is 0 Å². The summed E-state index contributed by atoms with van der Waals surface area (Å²) in [6.07, 6.45) is 1.69. The first kappa shape index (κ1) is 11.6. The Hall–Kier alpha value is -1.88. The summed E-state index contributed by atoms with van der Waals surface area (Å²) in [7, 11) is 1.33. The number of methoxy groups -OCH3 is 1. The van der Waals surface area contributed by atoms with Crippen LogP contribution in [0.4, 0.5) is 0 Å². The first-order chi connectivity index (χ1) is 8.31. The number of aromatic nitrogens is 1. The van der Waals surface area contributed by atoms with Crippen LogP contribution in [0.3, 0.4) is 0 Å². The molecule has 2 rings (SSSR count). The number of carbonyl (C=O) groups excluding carboxylic acids is 1. The van der Waals surface area contributed by atoms with Crippen LogP contribution in [0.25, 0.3) is 11.3 Å². The summed E-state index contributed by atoms with van der Waals surface area (Å²) in [4.78, 5) is 15.3. The molecule has 0 saturated carbocycles. The average molecular weight is 249 g/mol. The lowest BCUT2D eigenvalue weighted by molar-refractivity contribution is -0.142. The number of hydrogen-bond donors (Lipinski definition) is 0. The molecule has 0 saturated heterocycles. The average Bonchev–Trinajstić information content (AvgIpc) is 2.90. The lowest BCUT2D eigenvalue weighted by Crippen LogP contribution is -2.13. The minimum atomic E-state index is -0.412. The van der Waals surface area contributed by atoms with Gasteiger partial charge in [-0.1, -0.05) is 0 Å². The van der Waals surface area contributed by atoms with Crippen LogP contribution in [0, 0.1) is 0 Å². The highest BCUT2D eigenvalue weighted by atomic mass is 32.1. The second kappa shape index (κ2) is 5.45. The highest BCUT2D eigenvalue weighted by molar-refractivity contribution is 7.08. The molecule has 0 aliphatic heterocycles. The second-order valence-electron chi connectivity index (χ2n) is 3.23. The van der Waals surface area contributed by atoms with Gasteiger partial charge in [0.05, 0.1) is 7.11 Å². The van der Waals surface area contributed by atoms with E-state index in [1.807, 2.05) is 16.8 Å². The van der Waals surface area contributed by atoms with Crippen LogP contribution in [0.2, 0.25) is 0 Å². The third-order valence-electron chi connectivity index (χ3n) is 2.14. The molecule has 0 aliphatic carbocycles. The Kier molecular flexibility index (Phi) is 3.72. The number of rotatable bonds is 4. The van der Waals surface area contributed by atoms with Crippen LogP contribution >= 0.6 is 11.3 Å². The maximum Gasteiger partial charge on any atom is 0.343 e. The van der Waals surface area contributed by atoms with Gasteiger partial charge in [0.25, 0.3) is 0 Å². The Labute approximate surface area is 103 Å². The Balaban J connectivity index is 2.20. The van der Waals surface area contributed by atoms with E-state index >= 15 is 0 Å². The van der Waals surface area contributed by atoms with E-state index < -0.39 is 5.97 Å². The number of carbonyl (C=O) groups is 1. The monoisotopic (exact) mass is 249 g/mol. The lowest BCUT2D eigenvalue weighted by atomic mass is 10.2. The molecule has 2 heterocycles. The highest BCUT2D eigenvalue weighted by Crippen LogP contribution is 2.28. The van der Waals surface area contributed by atoms with E-state index in [4.69, 9.17) is 4.74 Å². The molecule has 0 N–H and O–H groups in total. The van der Waals surface area contributed by atoms with Gasteiger partial charge >= 0.3 is 5.97 Å². The Morgan fingerprint density at radius 1 is 1.47 bits per heavy atom. The predicted molar refractivity (Wildman–Crippen MR) is 65.1 cm³/mol. The lowest BCUT2D eigenvalue weighted by Gasteiger charge is -2.08. The molecule has 0 aliphatic rings. The van der Waals surface area contributed by atoms with Gasteiger partial charge in [0, 0.05) is 17.1 Å². The van der Waals surface area contributed by atoms with Crippen molar-refractivity contribution in [2.75, 3.05) is 13.7 Å². The molecule has 0 atom stereocenters. The summed E-state index contributed by atoms with van der Waals surface area (Å²) in [6, 6.07) is 5.50. The maximum absolute atomic E-state index is 11.0. The summed E-state index contributed by atoms with van der Waals surface area (Å²) >= 11 is 1.58. The zero-order chi connectivity index (χ0) is 12.1. The molecule has 5 heteroatoms. The predicted octanol–water partition coefficient (Wildman–Crippen LogP) is 2.36. The van der Waals surface area contributed by atoms with E-state index in [1.54, 1.807) is 29.7 Å². The van der Waals surface area contributed by atoms with Crippen LogP contribution in [-0.2, 0) is 9.53 Å². The van der Waals surface area contributed by atoms with Crippen molar-refractivity contribution < 1.29 is 14.3 Å². The summed E-state index contributed by atoms with van der Waals surface area (Å²) in [6.45, 7) is -0.112. The molecule has 0 fully saturated rings. The zero-order valence-electron chi connectivity index (χ0n) is 9.25. The maximum atomic E-state index is 11.0. The highest BCUT2D eigenvalue weighted by Gasteiger charge is 2.09. The van der Waals surface area contributed by atoms with Gasteiger partial charge in [-0.3, -0.25) is 4.98 Å². The van der Waals surface area contributed by atoms with E-state index in [9.17, 15) is 4.79 Å². The molecule has 0 unspecified atom stereocenters. The summed E-state index contributed by atoms with van der Waals surface area (Å²) < 4.78 is 9.90. The van der Waals surface area contributed by atoms with Crippen molar-refractivity contribution >= 4 is 17.3 Å². The molecule has 0 radical (unpaired) electrons. The van der Waals surface area contributed by atoms with Crippen molar-refractivity contribution in [3.05, 3.63) is 35.2 Å². The van der Waals surface area contributed by atoms with Gasteiger partial charge in [-0.05, 0) is 23.6 Å². The van der Waals surface area contributed by atoms with Gasteiger partial charge in [-0.25, -0.2) is 4.79 Å². The zero-order valence-corrected chi connectivity index (χ0v) is 10.1. The SMILES string of the molecule is COC(=O)COc1cccnc1-c1ccsc1. The molecule has 2 aromatic rings. The second-order valence-corrected chi connectivity index (χ2v) is 4.01.